The van der Waals surface area contributed by atoms with Gasteiger partial charge in [-0.1, -0.05) is 31.9 Å². The highest BCUT2D eigenvalue weighted by Gasteiger charge is 2.29. The first kappa shape index (κ1) is 21.6. The van der Waals surface area contributed by atoms with Crippen molar-refractivity contribution in [1.29, 1.82) is 0 Å². The van der Waals surface area contributed by atoms with Gasteiger partial charge < -0.3 is 10.2 Å². The molecular formula is C20H31ClN3O3S+. The molecule has 0 saturated carbocycles. The van der Waals surface area contributed by atoms with Gasteiger partial charge in [-0.05, 0) is 37.5 Å². The maximum atomic E-state index is 13.0. The SMILES string of the molecule is C[C@H]1C[C@H](C)C[NH+](CC(=O)Nc2ccc(Cl)c(S(=O)(=O)N3CCCCC3)c2)C1. The summed E-state index contributed by atoms with van der Waals surface area (Å²) in [5.41, 5.74) is 0.475. The molecule has 2 N–H and O–H groups in total. The second kappa shape index (κ2) is 9.11. The smallest absolute Gasteiger partial charge is 0.279 e. The monoisotopic (exact) mass is 428 g/mol. The molecule has 2 atom stereocenters. The molecular weight excluding hydrogens is 398 g/mol. The average Bonchev–Trinajstić information content (AvgIpc) is 2.63. The Labute approximate surface area is 173 Å². The minimum absolute atomic E-state index is 0.0708. The third-order valence-electron chi connectivity index (χ3n) is 5.64. The van der Waals surface area contributed by atoms with Crippen molar-refractivity contribution in [3.05, 3.63) is 23.2 Å². The summed E-state index contributed by atoms with van der Waals surface area (Å²) in [6.45, 7) is 7.87. The molecule has 1 aromatic rings. The quantitative estimate of drug-likeness (QED) is 0.753. The van der Waals surface area contributed by atoms with Crippen LogP contribution in [0.25, 0.3) is 0 Å². The highest BCUT2D eigenvalue weighted by atomic mass is 35.5. The summed E-state index contributed by atoms with van der Waals surface area (Å²) in [7, 11) is -3.65. The van der Waals surface area contributed by atoms with E-state index in [4.69, 9.17) is 11.6 Å². The first-order valence-corrected chi connectivity index (χ1v) is 12.0. The van der Waals surface area contributed by atoms with Crippen LogP contribution >= 0.6 is 11.6 Å². The highest BCUT2D eigenvalue weighted by Crippen LogP contribution is 2.29. The summed E-state index contributed by atoms with van der Waals surface area (Å²) in [4.78, 5) is 13.9. The fourth-order valence-corrected chi connectivity index (χ4v) is 6.54. The Balaban J connectivity index is 1.69. The Morgan fingerprint density at radius 3 is 2.46 bits per heavy atom. The number of carbonyl (C=O) groups excluding carboxylic acids is 1. The van der Waals surface area contributed by atoms with Gasteiger partial charge >= 0.3 is 0 Å². The van der Waals surface area contributed by atoms with Crippen LogP contribution in [0.15, 0.2) is 23.1 Å². The highest BCUT2D eigenvalue weighted by molar-refractivity contribution is 7.89. The van der Waals surface area contributed by atoms with Crippen molar-refractivity contribution in [1.82, 2.24) is 4.31 Å². The summed E-state index contributed by atoms with van der Waals surface area (Å²) in [5, 5.41) is 3.05. The number of likely N-dealkylation sites (tertiary alicyclic amines) is 1. The molecule has 2 aliphatic heterocycles. The normalized spacial score (nSPS) is 26.8. The van der Waals surface area contributed by atoms with Crippen molar-refractivity contribution >= 4 is 33.2 Å². The van der Waals surface area contributed by atoms with E-state index in [0.29, 0.717) is 37.2 Å². The molecule has 6 nitrogen and oxygen atoms in total. The lowest BCUT2D eigenvalue weighted by Gasteiger charge is -2.31. The Hall–Kier alpha value is -1.15. The van der Waals surface area contributed by atoms with Crippen molar-refractivity contribution in [2.45, 2.75) is 44.4 Å². The van der Waals surface area contributed by atoms with Gasteiger partial charge in [0.1, 0.15) is 4.90 Å². The zero-order valence-electron chi connectivity index (χ0n) is 16.7. The van der Waals surface area contributed by atoms with E-state index in [-0.39, 0.29) is 15.8 Å². The van der Waals surface area contributed by atoms with Crippen LogP contribution in [0.1, 0.15) is 39.5 Å². The molecule has 0 radical (unpaired) electrons. The number of benzene rings is 1. The Morgan fingerprint density at radius 1 is 1.18 bits per heavy atom. The van der Waals surface area contributed by atoms with Gasteiger partial charge in [0, 0.05) is 30.6 Å². The first-order chi connectivity index (χ1) is 13.3. The number of nitrogens with one attached hydrogen (secondary N) is 2. The van der Waals surface area contributed by atoms with Gasteiger partial charge in [-0.15, -0.1) is 0 Å². The maximum Gasteiger partial charge on any atom is 0.279 e. The summed E-state index contributed by atoms with van der Waals surface area (Å²) < 4.78 is 27.4. The van der Waals surface area contributed by atoms with Gasteiger partial charge in [-0.25, -0.2) is 8.42 Å². The molecule has 0 aromatic heterocycles. The number of carbonyl (C=O) groups is 1. The van der Waals surface area contributed by atoms with Gasteiger partial charge in [-0.2, -0.15) is 4.31 Å². The molecule has 156 valence electrons. The number of amides is 1. The van der Waals surface area contributed by atoms with Gasteiger partial charge in [0.2, 0.25) is 10.0 Å². The molecule has 0 bridgehead atoms. The molecule has 0 aliphatic carbocycles. The first-order valence-electron chi connectivity index (χ1n) is 10.2. The lowest BCUT2D eigenvalue weighted by atomic mass is 9.92. The molecule has 1 amide bonds. The number of halogens is 1. The largest absolute Gasteiger partial charge is 0.327 e. The number of piperidine rings is 2. The van der Waals surface area contributed by atoms with Gasteiger partial charge in [0.25, 0.3) is 5.91 Å². The molecule has 1 aromatic carbocycles. The molecule has 3 rings (SSSR count). The number of quaternary nitrogens is 1. The van der Waals surface area contributed by atoms with Gasteiger partial charge in [0.15, 0.2) is 6.54 Å². The average molecular weight is 429 g/mol. The molecule has 2 fully saturated rings. The van der Waals surface area contributed by atoms with Crippen LogP contribution in [0.3, 0.4) is 0 Å². The maximum absolute atomic E-state index is 13.0. The summed E-state index contributed by atoms with van der Waals surface area (Å²) in [5.74, 6) is 1.13. The van der Waals surface area contributed by atoms with Crippen LogP contribution in [-0.2, 0) is 14.8 Å². The minimum atomic E-state index is -3.65. The van der Waals surface area contributed by atoms with E-state index >= 15 is 0 Å². The van der Waals surface area contributed by atoms with Crippen molar-refractivity contribution < 1.29 is 18.1 Å². The molecule has 2 saturated heterocycles. The van der Waals surface area contributed by atoms with Crippen molar-refractivity contribution in [2.24, 2.45) is 11.8 Å². The van der Waals surface area contributed by atoms with E-state index in [1.807, 2.05) is 0 Å². The Bertz CT molecular complexity index is 799. The third kappa shape index (κ3) is 5.26. The zero-order chi connectivity index (χ0) is 20.3. The summed E-state index contributed by atoms with van der Waals surface area (Å²) in [6.07, 6.45) is 3.98. The van der Waals surface area contributed by atoms with Gasteiger partial charge in [-0.3, -0.25) is 4.79 Å². The van der Waals surface area contributed by atoms with E-state index in [1.54, 1.807) is 12.1 Å². The molecule has 0 unspecified atom stereocenters. The number of rotatable bonds is 5. The zero-order valence-corrected chi connectivity index (χ0v) is 18.3. The van der Waals surface area contributed by atoms with Crippen LogP contribution in [0.2, 0.25) is 5.02 Å². The van der Waals surface area contributed by atoms with Crippen molar-refractivity contribution in [3.63, 3.8) is 0 Å². The minimum Gasteiger partial charge on any atom is -0.327 e. The van der Waals surface area contributed by atoms with E-state index < -0.39 is 10.0 Å². The molecule has 2 heterocycles. The molecule has 2 aliphatic rings. The predicted molar refractivity (Wildman–Crippen MR) is 111 cm³/mol. The molecule has 8 heteroatoms. The molecule has 0 spiro atoms. The summed E-state index contributed by atoms with van der Waals surface area (Å²) in [6, 6.07) is 4.69. The van der Waals surface area contributed by atoms with Crippen LogP contribution in [0.5, 0.6) is 0 Å². The van der Waals surface area contributed by atoms with Crippen molar-refractivity contribution in [3.8, 4) is 0 Å². The van der Waals surface area contributed by atoms with Crippen LogP contribution in [0.4, 0.5) is 5.69 Å². The number of hydrogen-bond donors (Lipinski definition) is 2. The third-order valence-corrected chi connectivity index (χ3v) is 8.02. The number of sulfonamides is 1. The van der Waals surface area contributed by atoms with Gasteiger partial charge in [0.05, 0.1) is 18.1 Å². The Morgan fingerprint density at radius 2 is 1.82 bits per heavy atom. The second-order valence-corrected chi connectivity index (χ2v) is 10.8. The standard InChI is InChI=1S/C20H30ClN3O3S/c1-15-10-16(2)13-23(12-15)14-20(25)22-17-6-7-18(21)19(11-17)28(26,27)24-8-4-3-5-9-24/h6-7,11,15-16H,3-5,8-10,12-14H2,1-2H3,(H,22,25)/p+1/t15-,16-/m0/s1. The number of anilines is 1. The van der Waals surface area contributed by atoms with Crippen molar-refractivity contribution in [2.75, 3.05) is 38.0 Å². The lowest BCUT2D eigenvalue weighted by molar-refractivity contribution is -0.904. The fraction of sp³-hybridized carbons (Fsp3) is 0.650. The number of hydrogen-bond acceptors (Lipinski definition) is 3. The predicted octanol–water partition coefficient (Wildman–Crippen LogP) is 2.01. The van der Waals surface area contributed by atoms with Crippen LogP contribution in [0, 0.1) is 11.8 Å². The molecule has 28 heavy (non-hydrogen) atoms. The lowest BCUT2D eigenvalue weighted by Crippen LogP contribution is -3.15. The second-order valence-electron chi connectivity index (χ2n) is 8.44. The summed E-state index contributed by atoms with van der Waals surface area (Å²) >= 11 is 6.20. The fourth-order valence-electron chi connectivity index (χ4n) is 4.52. The van der Waals surface area contributed by atoms with E-state index in [1.165, 1.54) is 21.7 Å². The van der Waals surface area contributed by atoms with E-state index in [0.717, 1.165) is 32.4 Å². The van der Waals surface area contributed by atoms with E-state index in [9.17, 15) is 13.2 Å². The van der Waals surface area contributed by atoms with Crippen LogP contribution < -0.4 is 10.2 Å². The topological polar surface area (TPSA) is 70.9 Å². The number of nitrogens with zero attached hydrogens (tertiary/aromatic N) is 1. The van der Waals surface area contributed by atoms with Crippen LogP contribution in [-0.4, -0.2) is 51.4 Å². The van der Waals surface area contributed by atoms with E-state index in [2.05, 4.69) is 19.2 Å². The Kier molecular flexibility index (Phi) is 7.02.